The molecule has 0 N–H and O–H groups in total. The van der Waals surface area contributed by atoms with Crippen molar-refractivity contribution in [3.05, 3.63) is 29.3 Å². The maximum Gasteiger partial charge on any atom is 0.337 e. The van der Waals surface area contributed by atoms with E-state index in [9.17, 15) is 4.79 Å². The molecule has 2 rings (SSSR count). The fourth-order valence-electron chi connectivity index (χ4n) is 1.33. The highest BCUT2D eigenvalue weighted by atomic mass is 16.7. The first kappa shape index (κ1) is 9.02. The van der Waals surface area contributed by atoms with Crippen molar-refractivity contribution in [3.8, 4) is 5.75 Å². The van der Waals surface area contributed by atoms with Gasteiger partial charge in [0.15, 0.2) is 6.79 Å². The van der Waals surface area contributed by atoms with E-state index in [0.29, 0.717) is 12.2 Å². The normalized spacial score (nSPS) is 14.1. The first-order valence-corrected chi connectivity index (χ1v) is 4.23. The van der Waals surface area contributed by atoms with Crippen LogP contribution in [0.2, 0.25) is 0 Å². The largest absolute Gasteiger partial charge is 0.467 e. The second kappa shape index (κ2) is 3.67. The lowest BCUT2D eigenvalue weighted by atomic mass is 10.1. The van der Waals surface area contributed by atoms with Gasteiger partial charge in [-0.05, 0) is 18.2 Å². The molecule has 1 heterocycles. The van der Waals surface area contributed by atoms with Crippen molar-refractivity contribution in [1.29, 1.82) is 0 Å². The molecule has 4 heteroatoms. The van der Waals surface area contributed by atoms with Crippen LogP contribution in [0.3, 0.4) is 0 Å². The van der Waals surface area contributed by atoms with Gasteiger partial charge in [0, 0.05) is 5.56 Å². The Kier molecular flexibility index (Phi) is 2.37. The predicted octanol–water partition coefficient (Wildman–Crippen LogP) is 1.34. The molecule has 0 bridgehead atoms. The van der Waals surface area contributed by atoms with E-state index in [1.54, 1.807) is 18.2 Å². The number of benzene rings is 1. The molecule has 0 atom stereocenters. The summed E-state index contributed by atoms with van der Waals surface area (Å²) in [5, 5.41) is 0. The van der Waals surface area contributed by atoms with Gasteiger partial charge < -0.3 is 14.2 Å². The van der Waals surface area contributed by atoms with Crippen LogP contribution in [0.25, 0.3) is 0 Å². The number of methoxy groups -OCH3 is 1. The summed E-state index contributed by atoms with van der Waals surface area (Å²) in [5.74, 6) is 0.419. The zero-order valence-corrected chi connectivity index (χ0v) is 7.78. The lowest BCUT2D eigenvalue weighted by Gasteiger charge is -2.17. The zero-order valence-electron chi connectivity index (χ0n) is 7.78. The molecule has 0 saturated carbocycles. The molecule has 0 fully saturated rings. The SMILES string of the molecule is COC(=O)c1ccc2c(c1)COCO2. The molecule has 0 saturated heterocycles. The summed E-state index contributed by atoms with van der Waals surface area (Å²) in [4.78, 5) is 11.2. The Bertz CT molecular complexity index is 359. The molecule has 0 aliphatic carbocycles. The molecule has 74 valence electrons. The summed E-state index contributed by atoms with van der Waals surface area (Å²) >= 11 is 0. The lowest BCUT2D eigenvalue weighted by molar-refractivity contribution is -0.0164. The van der Waals surface area contributed by atoms with Crippen molar-refractivity contribution in [3.63, 3.8) is 0 Å². The maximum atomic E-state index is 11.2. The molecule has 1 aromatic rings. The molecule has 4 nitrogen and oxygen atoms in total. The van der Waals surface area contributed by atoms with Gasteiger partial charge in [-0.3, -0.25) is 0 Å². The van der Waals surface area contributed by atoms with E-state index >= 15 is 0 Å². The smallest absolute Gasteiger partial charge is 0.337 e. The predicted molar refractivity (Wildman–Crippen MR) is 48.1 cm³/mol. The second-order valence-corrected chi connectivity index (χ2v) is 2.92. The van der Waals surface area contributed by atoms with E-state index < -0.39 is 0 Å². The number of hydrogen-bond acceptors (Lipinski definition) is 4. The highest BCUT2D eigenvalue weighted by molar-refractivity contribution is 5.89. The minimum absolute atomic E-state index is 0.268. The first-order chi connectivity index (χ1) is 6.81. The number of ether oxygens (including phenoxy) is 3. The summed E-state index contributed by atoms with van der Waals surface area (Å²) in [7, 11) is 1.36. The Hall–Kier alpha value is -1.55. The van der Waals surface area contributed by atoms with Crippen LogP contribution in [0.4, 0.5) is 0 Å². The average Bonchev–Trinajstić information content (AvgIpc) is 2.27. The standard InChI is InChI=1S/C10H10O4/c1-12-10(11)7-2-3-9-8(4-7)5-13-6-14-9/h2-4H,5-6H2,1H3. The van der Waals surface area contributed by atoms with Crippen molar-refractivity contribution in [2.75, 3.05) is 13.9 Å². The first-order valence-electron chi connectivity index (χ1n) is 4.23. The quantitative estimate of drug-likeness (QED) is 0.633. The maximum absolute atomic E-state index is 11.2. The van der Waals surface area contributed by atoms with Crippen LogP contribution in [-0.2, 0) is 16.1 Å². The molecule has 0 radical (unpaired) electrons. The Morgan fingerprint density at radius 1 is 1.50 bits per heavy atom. The van der Waals surface area contributed by atoms with Crippen LogP contribution in [0.5, 0.6) is 5.75 Å². The minimum atomic E-state index is -0.349. The number of carbonyl (C=O) groups is 1. The van der Waals surface area contributed by atoms with E-state index in [1.165, 1.54) is 7.11 Å². The third kappa shape index (κ3) is 1.56. The molecule has 14 heavy (non-hydrogen) atoms. The summed E-state index contributed by atoms with van der Waals surface area (Å²) < 4.78 is 14.9. The van der Waals surface area contributed by atoms with Gasteiger partial charge in [-0.2, -0.15) is 0 Å². The average molecular weight is 194 g/mol. The van der Waals surface area contributed by atoms with Crippen LogP contribution < -0.4 is 4.74 Å². The lowest BCUT2D eigenvalue weighted by Crippen LogP contribution is -2.12. The second-order valence-electron chi connectivity index (χ2n) is 2.92. The third-order valence-corrected chi connectivity index (χ3v) is 2.04. The van der Waals surface area contributed by atoms with Crippen molar-refractivity contribution in [1.82, 2.24) is 0 Å². The third-order valence-electron chi connectivity index (χ3n) is 2.04. The number of hydrogen-bond donors (Lipinski definition) is 0. The minimum Gasteiger partial charge on any atom is -0.467 e. The molecule has 1 aliphatic rings. The van der Waals surface area contributed by atoms with Crippen LogP contribution in [0.1, 0.15) is 15.9 Å². The van der Waals surface area contributed by atoms with Crippen LogP contribution in [0.15, 0.2) is 18.2 Å². The molecular weight excluding hydrogens is 184 g/mol. The Labute approximate surface area is 81.4 Å². The summed E-state index contributed by atoms with van der Waals surface area (Å²) in [5.41, 5.74) is 1.39. The van der Waals surface area contributed by atoms with Gasteiger partial charge in [0.05, 0.1) is 19.3 Å². The van der Waals surface area contributed by atoms with E-state index in [4.69, 9.17) is 9.47 Å². The Morgan fingerprint density at radius 2 is 2.36 bits per heavy atom. The van der Waals surface area contributed by atoms with E-state index in [1.807, 2.05) is 0 Å². The number of rotatable bonds is 1. The van der Waals surface area contributed by atoms with Crippen molar-refractivity contribution in [2.24, 2.45) is 0 Å². The fraction of sp³-hybridized carbons (Fsp3) is 0.300. The van der Waals surface area contributed by atoms with Gasteiger partial charge in [0.2, 0.25) is 0 Å². The van der Waals surface area contributed by atoms with Gasteiger partial charge in [0.25, 0.3) is 0 Å². The Morgan fingerprint density at radius 3 is 3.14 bits per heavy atom. The number of esters is 1. The van der Waals surface area contributed by atoms with E-state index in [-0.39, 0.29) is 12.8 Å². The molecular formula is C10H10O4. The van der Waals surface area contributed by atoms with Crippen LogP contribution in [0, 0.1) is 0 Å². The summed E-state index contributed by atoms with van der Waals surface area (Å²) in [6.45, 7) is 0.741. The molecule has 0 aromatic heterocycles. The van der Waals surface area contributed by atoms with Crippen LogP contribution in [-0.4, -0.2) is 19.9 Å². The highest BCUT2D eigenvalue weighted by Crippen LogP contribution is 2.24. The van der Waals surface area contributed by atoms with E-state index in [0.717, 1.165) is 11.3 Å². The Balaban J connectivity index is 2.33. The van der Waals surface area contributed by atoms with Gasteiger partial charge in [-0.15, -0.1) is 0 Å². The van der Waals surface area contributed by atoms with Gasteiger partial charge in [0.1, 0.15) is 5.75 Å². The van der Waals surface area contributed by atoms with Crippen molar-refractivity contribution >= 4 is 5.97 Å². The number of carbonyl (C=O) groups excluding carboxylic acids is 1. The van der Waals surface area contributed by atoms with E-state index in [2.05, 4.69) is 4.74 Å². The van der Waals surface area contributed by atoms with Gasteiger partial charge >= 0.3 is 5.97 Å². The summed E-state index contributed by atoms with van der Waals surface area (Å²) in [6.07, 6.45) is 0. The topological polar surface area (TPSA) is 44.8 Å². The number of fused-ring (bicyclic) bond motifs is 1. The zero-order chi connectivity index (χ0) is 9.97. The molecule has 1 aromatic carbocycles. The monoisotopic (exact) mass is 194 g/mol. The van der Waals surface area contributed by atoms with Gasteiger partial charge in [-0.25, -0.2) is 4.79 Å². The molecule has 0 amide bonds. The van der Waals surface area contributed by atoms with Gasteiger partial charge in [-0.1, -0.05) is 0 Å². The van der Waals surface area contributed by atoms with Crippen LogP contribution >= 0.6 is 0 Å². The van der Waals surface area contributed by atoms with Crippen molar-refractivity contribution in [2.45, 2.75) is 6.61 Å². The summed E-state index contributed by atoms with van der Waals surface area (Å²) in [6, 6.07) is 5.15. The highest BCUT2D eigenvalue weighted by Gasteiger charge is 2.13. The molecule has 0 spiro atoms. The fourth-order valence-corrected chi connectivity index (χ4v) is 1.33. The molecule has 0 unspecified atom stereocenters. The van der Waals surface area contributed by atoms with Crippen molar-refractivity contribution < 1.29 is 19.0 Å². The molecule has 1 aliphatic heterocycles.